The molecule has 4 nitrogen and oxygen atoms in total. The summed E-state index contributed by atoms with van der Waals surface area (Å²) in [5, 5.41) is 8.88. The second kappa shape index (κ2) is 7.97. The van der Waals surface area contributed by atoms with Crippen molar-refractivity contribution >= 4 is 0 Å². The number of hydrogen-bond acceptors (Lipinski definition) is 4. The standard InChI is InChI=1S/C12H25FO4/c1-9(2)15-7-12(13,8-16-10(3)4)17-11(5)6-14/h9-11,14H,6-8H2,1-5H3/t11-/m0/s1. The quantitative estimate of drug-likeness (QED) is 0.681. The summed E-state index contributed by atoms with van der Waals surface area (Å²) in [6.45, 7) is 8.22. The fourth-order valence-corrected chi connectivity index (χ4v) is 1.09. The van der Waals surface area contributed by atoms with E-state index >= 15 is 0 Å². The van der Waals surface area contributed by atoms with Crippen LogP contribution in [0.3, 0.4) is 0 Å². The molecule has 0 bridgehead atoms. The molecule has 0 aliphatic heterocycles. The van der Waals surface area contributed by atoms with Gasteiger partial charge < -0.3 is 19.3 Å². The summed E-state index contributed by atoms with van der Waals surface area (Å²) in [6, 6.07) is 0. The molecule has 0 spiro atoms. The van der Waals surface area contributed by atoms with Gasteiger partial charge in [-0.2, -0.15) is 0 Å². The van der Waals surface area contributed by atoms with E-state index in [9.17, 15) is 4.39 Å². The molecule has 0 saturated carbocycles. The van der Waals surface area contributed by atoms with Gasteiger partial charge in [-0.25, -0.2) is 4.39 Å². The van der Waals surface area contributed by atoms with Gasteiger partial charge in [0.05, 0.1) is 24.9 Å². The maximum Gasteiger partial charge on any atom is 0.256 e. The molecule has 0 aliphatic rings. The van der Waals surface area contributed by atoms with Crippen molar-refractivity contribution in [1.82, 2.24) is 0 Å². The molecule has 0 saturated heterocycles. The van der Waals surface area contributed by atoms with E-state index in [1.807, 2.05) is 27.7 Å². The molecule has 0 rings (SSSR count). The number of alkyl halides is 1. The van der Waals surface area contributed by atoms with Gasteiger partial charge in [0, 0.05) is 0 Å². The van der Waals surface area contributed by atoms with Crippen LogP contribution < -0.4 is 0 Å². The first-order chi connectivity index (χ1) is 7.79. The van der Waals surface area contributed by atoms with Gasteiger partial charge in [-0.05, 0) is 34.6 Å². The van der Waals surface area contributed by atoms with E-state index in [0.29, 0.717) is 0 Å². The van der Waals surface area contributed by atoms with Crippen molar-refractivity contribution in [1.29, 1.82) is 0 Å². The first-order valence-corrected chi connectivity index (χ1v) is 6.00. The first-order valence-electron chi connectivity index (χ1n) is 6.00. The van der Waals surface area contributed by atoms with Crippen molar-refractivity contribution in [3.63, 3.8) is 0 Å². The third-order valence-electron chi connectivity index (χ3n) is 1.93. The molecule has 17 heavy (non-hydrogen) atoms. The van der Waals surface area contributed by atoms with Crippen LogP contribution in [-0.4, -0.2) is 49.1 Å². The Morgan fingerprint density at radius 3 is 1.71 bits per heavy atom. The van der Waals surface area contributed by atoms with Crippen LogP contribution in [0.4, 0.5) is 4.39 Å². The molecule has 104 valence electrons. The van der Waals surface area contributed by atoms with Crippen molar-refractivity contribution in [3.8, 4) is 0 Å². The predicted molar refractivity (Wildman–Crippen MR) is 63.6 cm³/mol. The minimum Gasteiger partial charge on any atom is -0.394 e. The van der Waals surface area contributed by atoms with E-state index < -0.39 is 12.0 Å². The Bertz CT molecular complexity index is 185. The minimum atomic E-state index is -2.02. The number of aliphatic hydroxyl groups is 1. The average molecular weight is 252 g/mol. The zero-order valence-electron chi connectivity index (χ0n) is 11.4. The Labute approximate surface area is 103 Å². The van der Waals surface area contributed by atoms with Crippen molar-refractivity contribution in [3.05, 3.63) is 0 Å². The van der Waals surface area contributed by atoms with Gasteiger partial charge in [0.1, 0.15) is 13.2 Å². The topological polar surface area (TPSA) is 47.9 Å². The first kappa shape index (κ1) is 16.8. The molecule has 0 aliphatic carbocycles. The summed E-state index contributed by atoms with van der Waals surface area (Å²) < 4.78 is 29.9. The summed E-state index contributed by atoms with van der Waals surface area (Å²) in [5.41, 5.74) is 0. The molecule has 0 aromatic rings. The van der Waals surface area contributed by atoms with Gasteiger partial charge in [-0.1, -0.05) is 0 Å². The van der Waals surface area contributed by atoms with Gasteiger partial charge in [-0.15, -0.1) is 0 Å². The Balaban J connectivity index is 4.33. The fraction of sp³-hybridized carbons (Fsp3) is 1.00. The van der Waals surface area contributed by atoms with Crippen LogP contribution in [0, 0.1) is 0 Å². The average Bonchev–Trinajstić information content (AvgIpc) is 2.24. The monoisotopic (exact) mass is 252 g/mol. The molecule has 0 aromatic heterocycles. The van der Waals surface area contributed by atoms with E-state index in [2.05, 4.69) is 0 Å². The fourth-order valence-electron chi connectivity index (χ4n) is 1.09. The third-order valence-corrected chi connectivity index (χ3v) is 1.93. The zero-order chi connectivity index (χ0) is 13.5. The predicted octanol–water partition coefficient (Wildman–Crippen LogP) is 1.90. The molecule has 0 heterocycles. The SMILES string of the molecule is CC(C)OCC(F)(COC(C)C)O[C@@H](C)CO. The largest absolute Gasteiger partial charge is 0.394 e. The van der Waals surface area contributed by atoms with Crippen LogP contribution in [0.2, 0.25) is 0 Å². The number of halogens is 1. The summed E-state index contributed by atoms with van der Waals surface area (Å²) in [4.78, 5) is 0. The van der Waals surface area contributed by atoms with E-state index in [4.69, 9.17) is 19.3 Å². The molecule has 1 atom stereocenters. The Morgan fingerprint density at radius 2 is 1.41 bits per heavy atom. The van der Waals surface area contributed by atoms with E-state index in [1.54, 1.807) is 6.92 Å². The van der Waals surface area contributed by atoms with Gasteiger partial charge >= 0.3 is 0 Å². The Hall–Kier alpha value is -0.230. The molecule has 0 amide bonds. The molecule has 0 fully saturated rings. The van der Waals surface area contributed by atoms with Gasteiger partial charge in [0.25, 0.3) is 5.85 Å². The van der Waals surface area contributed by atoms with E-state index in [1.165, 1.54) is 0 Å². The maximum atomic E-state index is 14.4. The number of ether oxygens (including phenoxy) is 3. The summed E-state index contributed by atoms with van der Waals surface area (Å²) in [5.74, 6) is -2.02. The molecular weight excluding hydrogens is 227 g/mol. The Morgan fingerprint density at radius 1 is 1.00 bits per heavy atom. The number of aliphatic hydroxyl groups excluding tert-OH is 1. The molecule has 0 unspecified atom stereocenters. The summed E-state index contributed by atoms with van der Waals surface area (Å²) >= 11 is 0. The lowest BCUT2D eigenvalue weighted by atomic mass is 10.3. The van der Waals surface area contributed by atoms with Crippen molar-refractivity contribution < 1.29 is 23.7 Å². The van der Waals surface area contributed by atoms with Crippen LogP contribution in [0.1, 0.15) is 34.6 Å². The zero-order valence-corrected chi connectivity index (χ0v) is 11.4. The molecular formula is C12H25FO4. The number of rotatable bonds is 9. The maximum absolute atomic E-state index is 14.4. The normalized spacial score (nSPS) is 14.6. The van der Waals surface area contributed by atoms with Crippen LogP contribution >= 0.6 is 0 Å². The lowest BCUT2D eigenvalue weighted by Gasteiger charge is -2.29. The lowest BCUT2D eigenvalue weighted by Crippen LogP contribution is -2.43. The van der Waals surface area contributed by atoms with Crippen molar-refractivity contribution in [2.24, 2.45) is 0 Å². The molecule has 5 heteroatoms. The van der Waals surface area contributed by atoms with E-state index in [0.717, 1.165) is 0 Å². The molecule has 1 N–H and O–H groups in total. The highest BCUT2D eigenvalue weighted by atomic mass is 19.2. The summed E-state index contributed by atoms with van der Waals surface area (Å²) in [7, 11) is 0. The second-order valence-electron chi connectivity index (χ2n) is 4.71. The molecule has 0 radical (unpaired) electrons. The molecule has 0 aromatic carbocycles. The second-order valence-corrected chi connectivity index (χ2v) is 4.71. The van der Waals surface area contributed by atoms with Crippen molar-refractivity contribution in [2.75, 3.05) is 19.8 Å². The lowest BCUT2D eigenvalue weighted by molar-refractivity contribution is -0.243. The Kier molecular flexibility index (Phi) is 7.87. The third kappa shape index (κ3) is 8.49. The van der Waals surface area contributed by atoms with E-state index in [-0.39, 0.29) is 32.0 Å². The van der Waals surface area contributed by atoms with Gasteiger partial charge in [0.15, 0.2) is 0 Å². The van der Waals surface area contributed by atoms with Crippen LogP contribution in [0.15, 0.2) is 0 Å². The highest BCUT2D eigenvalue weighted by molar-refractivity contribution is 4.70. The van der Waals surface area contributed by atoms with Crippen molar-refractivity contribution in [2.45, 2.75) is 58.8 Å². The van der Waals surface area contributed by atoms with Gasteiger partial charge in [-0.3, -0.25) is 0 Å². The van der Waals surface area contributed by atoms with Crippen LogP contribution in [0.25, 0.3) is 0 Å². The highest BCUT2D eigenvalue weighted by Gasteiger charge is 2.34. The number of hydrogen-bond donors (Lipinski definition) is 1. The summed E-state index contributed by atoms with van der Waals surface area (Å²) in [6.07, 6.45) is -0.763. The minimum absolute atomic E-state index is 0.0859. The highest BCUT2D eigenvalue weighted by Crippen LogP contribution is 2.19. The van der Waals surface area contributed by atoms with Crippen LogP contribution in [-0.2, 0) is 14.2 Å². The van der Waals surface area contributed by atoms with Gasteiger partial charge in [0.2, 0.25) is 0 Å². The van der Waals surface area contributed by atoms with Crippen LogP contribution in [0.5, 0.6) is 0 Å². The smallest absolute Gasteiger partial charge is 0.256 e.